The topological polar surface area (TPSA) is 30.7 Å². The minimum absolute atomic E-state index is 0.927. The SMILES string of the molecule is Cc1nc2c(n1Cc1ccncc1)CCCC2. The van der Waals surface area contributed by atoms with Gasteiger partial charge in [-0.1, -0.05) is 0 Å². The van der Waals surface area contributed by atoms with Crippen molar-refractivity contribution in [3.63, 3.8) is 0 Å². The smallest absolute Gasteiger partial charge is 0.106 e. The predicted molar refractivity (Wildman–Crippen MR) is 66.9 cm³/mol. The normalized spacial score (nSPS) is 14.6. The Morgan fingerprint density at radius 3 is 2.76 bits per heavy atom. The minimum Gasteiger partial charge on any atom is -0.328 e. The van der Waals surface area contributed by atoms with Gasteiger partial charge in [-0.25, -0.2) is 4.98 Å². The van der Waals surface area contributed by atoms with Crippen molar-refractivity contribution in [2.75, 3.05) is 0 Å². The van der Waals surface area contributed by atoms with Gasteiger partial charge < -0.3 is 4.57 Å². The van der Waals surface area contributed by atoms with Crippen LogP contribution in [0.4, 0.5) is 0 Å². The summed E-state index contributed by atoms with van der Waals surface area (Å²) in [4.78, 5) is 8.75. The van der Waals surface area contributed by atoms with Crippen LogP contribution in [0.15, 0.2) is 24.5 Å². The van der Waals surface area contributed by atoms with E-state index in [1.54, 1.807) is 0 Å². The molecule has 0 bridgehead atoms. The number of imidazole rings is 1. The molecule has 1 aliphatic rings. The molecule has 0 N–H and O–H groups in total. The molecule has 0 radical (unpaired) electrons. The Balaban J connectivity index is 1.95. The molecule has 1 aliphatic carbocycles. The van der Waals surface area contributed by atoms with E-state index in [1.165, 1.54) is 36.2 Å². The number of aromatic nitrogens is 3. The Labute approximate surface area is 102 Å². The maximum Gasteiger partial charge on any atom is 0.106 e. The average molecular weight is 227 g/mol. The molecule has 3 heteroatoms. The van der Waals surface area contributed by atoms with Crippen LogP contribution in [0.5, 0.6) is 0 Å². The van der Waals surface area contributed by atoms with Gasteiger partial charge in [0.1, 0.15) is 5.82 Å². The highest BCUT2D eigenvalue weighted by Gasteiger charge is 2.17. The number of fused-ring (bicyclic) bond motifs is 1. The van der Waals surface area contributed by atoms with Gasteiger partial charge >= 0.3 is 0 Å². The van der Waals surface area contributed by atoms with E-state index in [1.807, 2.05) is 12.4 Å². The molecule has 2 aromatic rings. The Kier molecular flexibility index (Phi) is 2.67. The number of nitrogens with zero attached hydrogens (tertiary/aromatic N) is 3. The van der Waals surface area contributed by atoms with Gasteiger partial charge in [0.05, 0.1) is 5.69 Å². The maximum absolute atomic E-state index is 4.69. The number of hydrogen-bond acceptors (Lipinski definition) is 2. The van der Waals surface area contributed by atoms with Crippen LogP contribution in [-0.4, -0.2) is 14.5 Å². The Morgan fingerprint density at radius 2 is 1.94 bits per heavy atom. The zero-order valence-electron chi connectivity index (χ0n) is 10.2. The van der Waals surface area contributed by atoms with Crippen LogP contribution in [-0.2, 0) is 19.4 Å². The lowest BCUT2D eigenvalue weighted by Crippen LogP contribution is -2.10. The summed E-state index contributed by atoms with van der Waals surface area (Å²) in [6.07, 6.45) is 8.63. The lowest BCUT2D eigenvalue weighted by molar-refractivity contribution is 0.624. The second kappa shape index (κ2) is 4.32. The molecule has 0 saturated heterocycles. The van der Waals surface area contributed by atoms with Gasteiger partial charge in [-0.3, -0.25) is 4.98 Å². The lowest BCUT2D eigenvalue weighted by Gasteiger charge is -2.14. The molecule has 88 valence electrons. The number of hydrogen-bond donors (Lipinski definition) is 0. The van der Waals surface area contributed by atoms with Crippen LogP contribution >= 0.6 is 0 Å². The quantitative estimate of drug-likeness (QED) is 0.789. The highest BCUT2D eigenvalue weighted by atomic mass is 15.1. The molecule has 0 spiro atoms. The second-order valence-electron chi connectivity index (χ2n) is 4.70. The predicted octanol–water partition coefficient (Wildman–Crippen LogP) is 2.51. The zero-order chi connectivity index (χ0) is 11.7. The van der Waals surface area contributed by atoms with E-state index < -0.39 is 0 Å². The van der Waals surface area contributed by atoms with E-state index in [-0.39, 0.29) is 0 Å². The van der Waals surface area contributed by atoms with Gasteiger partial charge in [0.15, 0.2) is 0 Å². The molecule has 17 heavy (non-hydrogen) atoms. The Bertz CT molecular complexity index is 514. The largest absolute Gasteiger partial charge is 0.328 e. The highest BCUT2D eigenvalue weighted by Crippen LogP contribution is 2.22. The van der Waals surface area contributed by atoms with Crippen LogP contribution < -0.4 is 0 Å². The van der Waals surface area contributed by atoms with Crippen molar-refractivity contribution in [1.82, 2.24) is 14.5 Å². The van der Waals surface area contributed by atoms with Gasteiger partial charge in [0.25, 0.3) is 0 Å². The van der Waals surface area contributed by atoms with Crippen LogP contribution in [0.2, 0.25) is 0 Å². The summed E-state index contributed by atoms with van der Waals surface area (Å²) in [5.41, 5.74) is 4.07. The summed E-state index contributed by atoms with van der Waals surface area (Å²) in [6.45, 7) is 3.04. The molecular formula is C14H17N3. The van der Waals surface area contributed by atoms with Crippen molar-refractivity contribution in [1.29, 1.82) is 0 Å². The van der Waals surface area contributed by atoms with E-state index in [9.17, 15) is 0 Å². The van der Waals surface area contributed by atoms with Crippen molar-refractivity contribution < 1.29 is 0 Å². The maximum atomic E-state index is 4.69. The molecule has 0 unspecified atom stereocenters. The first-order chi connectivity index (χ1) is 8.34. The summed E-state index contributed by atoms with van der Waals surface area (Å²) < 4.78 is 2.36. The third-order valence-electron chi connectivity index (χ3n) is 3.51. The van der Waals surface area contributed by atoms with Crippen LogP contribution in [0, 0.1) is 6.92 Å². The van der Waals surface area contributed by atoms with Gasteiger partial charge in [-0.05, 0) is 50.3 Å². The van der Waals surface area contributed by atoms with Gasteiger partial charge in [0.2, 0.25) is 0 Å². The zero-order valence-corrected chi connectivity index (χ0v) is 10.2. The van der Waals surface area contributed by atoms with Crippen LogP contribution in [0.1, 0.15) is 35.6 Å². The van der Waals surface area contributed by atoms with Crippen molar-refractivity contribution in [3.8, 4) is 0 Å². The summed E-state index contributed by atoms with van der Waals surface area (Å²) in [7, 11) is 0. The number of pyridine rings is 1. The van der Waals surface area contributed by atoms with Gasteiger partial charge in [-0.15, -0.1) is 0 Å². The molecule has 2 heterocycles. The standard InChI is InChI=1S/C14H17N3/c1-11-16-13-4-2-3-5-14(13)17(11)10-12-6-8-15-9-7-12/h6-9H,2-5,10H2,1H3. The molecule has 0 atom stereocenters. The van der Waals surface area contributed by atoms with E-state index >= 15 is 0 Å². The minimum atomic E-state index is 0.927. The lowest BCUT2D eigenvalue weighted by atomic mass is 10.0. The molecule has 3 nitrogen and oxygen atoms in total. The second-order valence-corrected chi connectivity index (χ2v) is 4.70. The molecule has 0 aromatic carbocycles. The van der Waals surface area contributed by atoms with Crippen molar-refractivity contribution in [3.05, 3.63) is 47.3 Å². The van der Waals surface area contributed by atoms with Gasteiger partial charge in [-0.2, -0.15) is 0 Å². The summed E-state index contributed by atoms with van der Waals surface area (Å²) >= 11 is 0. The van der Waals surface area contributed by atoms with E-state index in [0.717, 1.165) is 18.8 Å². The van der Waals surface area contributed by atoms with Crippen molar-refractivity contribution >= 4 is 0 Å². The molecule has 3 rings (SSSR count). The van der Waals surface area contributed by atoms with E-state index in [2.05, 4.69) is 28.6 Å². The fraction of sp³-hybridized carbons (Fsp3) is 0.429. The third-order valence-corrected chi connectivity index (χ3v) is 3.51. The fourth-order valence-electron chi connectivity index (χ4n) is 2.62. The fourth-order valence-corrected chi connectivity index (χ4v) is 2.62. The third kappa shape index (κ3) is 1.97. The van der Waals surface area contributed by atoms with Gasteiger partial charge in [0, 0.05) is 24.6 Å². The first kappa shape index (κ1) is 10.5. The first-order valence-corrected chi connectivity index (χ1v) is 6.28. The van der Waals surface area contributed by atoms with E-state index in [4.69, 9.17) is 4.98 Å². The number of aryl methyl sites for hydroxylation is 2. The molecule has 2 aromatic heterocycles. The molecule has 0 saturated carbocycles. The molecular weight excluding hydrogens is 210 g/mol. The Hall–Kier alpha value is -1.64. The van der Waals surface area contributed by atoms with E-state index in [0.29, 0.717) is 0 Å². The van der Waals surface area contributed by atoms with Crippen molar-refractivity contribution in [2.24, 2.45) is 0 Å². The summed E-state index contributed by atoms with van der Waals surface area (Å²) in [5, 5.41) is 0. The average Bonchev–Trinajstić information content (AvgIpc) is 2.68. The van der Waals surface area contributed by atoms with Crippen molar-refractivity contribution in [2.45, 2.75) is 39.2 Å². The monoisotopic (exact) mass is 227 g/mol. The molecule has 0 aliphatic heterocycles. The van der Waals surface area contributed by atoms with Crippen LogP contribution in [0.25, 0.3) is 0 Å². The number of rotatable bonds is 2. The highest BCUT2D eigenvalue weighted by molar-refractivity contribution is 5.22. The summed E-state index contributed by atoms with van der Waals surface area (Å²) in [5.74, 6) is 1.15. The molecule has 0 amide bonds. The molecule has 0 fully saturated rings. The Morgan fingerprint density at radius 1 is 1.18 bits per heavy atom. The first-order valence-electron chi connectivity index (χ1n) is 6.28. The van der Waals surface area contributed by atoms with Crippen LogP contribution in [0.3, 0.4) is 0 Å². The summed E-state index contributed by atoms with van der Waals surface area (Å²) in [6, 6.07) is 4.16.